The van der Waals surface area contributed by atoms with Crippen LogP contribution in [0.25, 0.3) is 0 Å². The fourth-order valence-electron chi connectivity index (χ4n) is 3.84. The molecule has 1 N–H and O–H groups in total. The Balaban J connectivity index is 1.84. The molecular formula is C24H24Cl2FNO2. The highest BCUT2D eigenvalue weighted by Crippen LogP contribution is 2.39. The van der Waals surface area contributed by atoms with Crippen molar-refractivity contribution in [2.45, 2.75) is 32.6 Å². The number of nitrogens with zero attached hydrogens (tertiary/aromatic N) is 1. The summed E-state index contributed by atoms with van der Waals surface area (Å²) in [5.41, 5.74) is 1.79. The predicted molar refractivity (Wildman–Crippen MR) is 119 cm³/mol. The van der Waals surface area contributed by atoms with Crippen molar-refractivity contribution in [3.8, 4) is 11.8 Å². The van der Waals surface area contributed by atoms with Crippen LogP contribution in [0.4, 0.5) is 10.1 Å². The van der Waals surface area contributed by atoms with E-state index < -0.39 is 0 Å². The van der Waals surface area contributed by atoms with E-state index in [4.69, 9.17) is 28.3 Å². The number of halogens is 3. The minimum Gasteiger partial charge on any atom is -0.396 e. The number of hydrogen-bond acceptors (Lipinski definition) is 2. The first-order valence-electron chi connectivity index (χ1n) is 10.0. The monoisotopic (exact) mass is 447 g/mol. The van der Waals surface area contributed by atoms with E-state index in [9.17, 15) is 9.18 Å². The second-order valence-electron chi connectivity index (χ2n) is 7.66. The highest BCUT2D eigenvalue weighted by atomic mass is 35.5. The van der Waals surface area contributed by atoms with E-state index in [1.54, 1.807) is 29.2 Å². The summed E-state index contributed by atoms with van der Waals surface area (Å²) in [4.78, 5) is 14.5. The Bertz CT molecular complexity index is 960. The SMILES string of the molecule is C[C@@H]1C[C@H](Cc2ccccc2F)CN(c2c(Cl)cc(C#CCCCO)cc2Cl)C1=O. The summed E-state index contributed by atoms with van der Waals surface area (Å²) in [5, 5.41) is 9.56. The molecule has 1 saturated heterocycles. The van der Waals surface area contributed by atoms with E-state index in [1.807, 2.05) is 13.0 Å². The first-order valence-corrected chi connectivity index (χ1v) is 10.8. The zero-order valence-electron chi connectivity index (χ0n) is 16.8. The molecule has 1 aliphatic heterocycles. The van der Waals surface area contributed by atoms with Crippen molar-refractivity contribution in [1.82, 2.24) is 0 Å². The minimum absolute atomic E-state index is 0.0367. The number of piperidine rings is 1. The van der Waals surface area contributed by atoms with Crippen LogP contribution in [0.1, 0.15) is 37.3 Å². The standard InChI is InChI=1S/C24H24Cl2FNO2/c1-16-11-18(12-19-8-4-5-9-22(19)27)15-28(24(16)30)23-20(25)13-17(14-21(23)26)7-3-2-6-10-29/h4-5,8-9,13-14,16,18,29H,2,6,10-12,15H2,1H3/t16-,18-/m1/s1. The zero-order chi connectivity index (χ0) is 21.7. The Labute approximate surface area is 186 Å². The van der Waals surface area contributed by atoms with Gasteiger partial charge in [0.05, 0.1) is 15.7 Å². The molecule has 1 fully saturated rings. The van der Waals surface area contributed by atoms with Crippen LogP contribution in [-0.2, 0) is 11.2 Å². The first-order chi connectivity index (χ1) is 14.4. The summed E-state index contributed by atoms with van der Waals surface area (Å²) in [7, 11) is 0. The quantitative estimate of drug-likeness (QED) is 0.486. The number of hydrogen-bond donors (Lipinski definition) is 1. The molecule has 0 aliphatic carbocycles. The van der Waals surface area contributed by atoms with Gasteiger partial charge in [0, 0.05) is 31.1 Å². The van der Waals surface area contributed by atoms with Gasteiger partial charge in [0.2, 0.25) is 5.91 Å². The highest BCUT2D eigenvalue weighted by molar-refractivity contribution is 6.40. The maximum Gasteiger partial charge on any atom is 0.229 e. The van der Waals surface area contributed by atoms with Gasteiger partial charge in [-0.1, -0.05) is 60.2 Å². The maximum absolute atomic E-state index is 14.1. The van der Waals surface area contributed by atoms with E-state index in [0.717, 1.165) is 0 Å². The third kappa shape index (κ3) is 5.35. The van der Waals surface area contributed by atoms with Crippen LogP contribution in [-0.4, -0.2) is 24.2 Å². The molecule has 0 bridgehead atoms. The number of aliphatic hydroxyl groups is 1. The van der Waals surface area contributed by atoms with E-state index in [0.29, 0.717) is 59.1 Å². The summed E-state index contributed by atoms with van der Waals surface area (Å²) in [5.74, 6) is 5.58. The van der Waals surface area contributed by atoms with Gasteiger partial charge in [-0.15, -0.1) is 0 Å². The maximum atomic E-state index is 14.1. The molecule has 0 saturated carbocycles. The van der Waals surface area contributed by atoms with Crippen molar-refractivity contribution < 1.29 is 14.3 Å². The molecule has 158 valence electrons. The number of rotatable bonds is 5. The number of amides is 1. The molecule has 30 heavy (non-hydrogen) atoms. The summed E-state index contributed by atoms with van der Waals surface area (Å²) in [6.07, 6.45) is 2.42. The Morgan fingerprint density at radius 1 is 1.23 bits per heavy atom. The van der Waals surface area contributed by atoms with Gasteiger partial charge >= 0.3 is 0 Å². The van der Waals surface area contributed by atoms with Gasteiger partial charge in [-0.3, -0.25) is 4.79 Å². The Morgan fingerprint density at radius 3 is 2.60 bits per heavy atom. The van der Waals surface area contributed by atoms with E-state index in [-0.39, 0.29) is 30.2 Å². The van der Waals surface area contributed by atoms with Crippen LogP contribution in [0.3, 0.4) is 0 Å². The third-order valence-corrected chi connectivity index (χ3v) is 5.84. The number of anilines is 1. The van der Waals surface area contributed by atoms with Gasteiger partial charge in [0.25, 0.3) is 0 Å². The number of benzene rings is 2. The first kappa shape index (κ1) is 22.6. The molecule has 6 heteroatoms. The lowest BCUT2D eigenvalue weighted by Gasteiger charge is -2.37. The minimum atomic E-state index is -0.228. The van der Waals surface area contributed by atoms with E-state index in [1.165, 1.54) is 6.07 Å². The fourth-order valence-corrected chi connectivity index (χ4v) is 4.53. The summed E-state index contributed by atoms with van der Waals surface area (Å²) < 4.78 is 14.1. The van der Waals surface area contributed by atoms with Crippen LogP contribution in [0.5, 0.6) is 0 Å². The van der Waals surface area contributed by atoms with E-state index >= 15 is 0 Å². The number of carbonyl (C=O) groups is 1. The normalized spacial score (nSPS) is 18.8. The van der Waals surface area contributed by atoms with Crippen molar-refractivity contribution in [2.24, 2.45) is 11.8 Å². The van der Waals surface area contributed by atoms with Crippen molar-refractivity contribution in [3.63, 3.8) is 0 Å². The van der Waals surface area contributed by atoms with Gasteiger partial charge in [0.1, 0.15) is 5.82 Å². The van der Waals surface area contributed by atoms with Crippen LogP contribution in [0.15, 0.2) is 36.4 Å². The highest BCUT2D eigenvalue weighted by Gasteiger charge is 2.34. The average molecular weight is 448 g/mol. The van der Waals surface area contributed by atoms with Crippen molar-refractivity contribution >= 4 is 34.8 Å². The average Bonchev–Trinajstić information content (AvgIpc) is 2.70. The van der Waals surface area contributed by atoms with E-state index in [2.05, 4.69) is 11.8 Å². The van der Waals surface area contributed by atoms with Gasteiger partial charge in [-0.2, -0.15) is 0 Å². The molecule has 0 spiro atoms. The Hall–Kier alpha value is -2.06. The molecule has 2 atom stereocenters. The second kappa shape index (κ2) is 10.3. The molecule has 0 unspecified atom stereocenters. The predicted octanol–water partition coefficient (Wildman–Crippen LogP) is 5.49. The second-order valence-corrected chi connectivity index (χ2v) is 8.48. The smallest absolute Gasteiger partial charge is 0.229 e. The molecule has 0 aromatic heterocycles. The van der Waals surface area contributed by atoms with Gasteiger partial charge < -0.3 is 10.0 Å². The molecule has 3 nitrogen and oxygen atoms in total. The molecular weight excluding hydrogens is 424 g/mol. The molecule has 2 aromatic rings. The number of unbranched alkanes of at least 4 members (excludes halogenated alkanes) is 1. The van der Waals surface area contributed by atoms with Crippen LogP contribution < -0.4 is 4.90 Å². The molecule has 3 rings (SSSR count). The number of aliphatic hydroxyl groups excluding tert-OH is 1. The summed E-state index contributed by atoms with van der Waals surface area (Å²) >= 11 is 13.0. The van der Waals surface area contributed by atoms with Crippen molar-refractivity contribution in [3.05, 3.63) is 63.4 Å². The number of carbonyl (C=O) groups excluding carboxylic acids is 1. The molecule has 0 radical (unpaired) electrons. The van der Waals surface area contributed by atoms with Crippen LogP contribution in [0.2, 0.25) is 10.0 Å². The van der Waals surface area contributed by atoms with Gasteiger partial charge in [-0.25, -0.2) is 4.39 Å². The molecule has 2 aromatic carbocycles. The Morgan fingerprint density at radius 2 is 1.93 bits per heavy atom. The van der Waals surface area contributed by atoms with Crippen LogP contribution in [0, 0.1) is 29.5 Å². The van der Waals surface area contributed by atoms with Gasteiger partial charge in [0.15, 0.2) is 0 Å². The van der Waals surface area contributed by atoms with Crippen molar-refractivity contribution in [2.75, 3.05) is 18.1 Å². The van der Waals surface area contributed by atoms with Crippen molar-refractivity contribution in [1.29, 1.82) is 0 Å². The lowest BCUT2D eigenvalue weighted by molar-refractivity contribution is -0.124. The fraction of sp³-hybridized carbons (Fsp3) is 0.375. The summed E-state index contributed by atoms with van der Waals surface area (Å²) in [6.45, 7) is 2.41. The largest absolute Gasteiger partial charge is 0.396 e. The molecule has 1 aliphatic rings. The molecule has 1 amide bonds. The third-order valence-electron chi connectivity index (χ3n) is 5.26. The lowest BCUT2D eigenvalue weighted by Crippen LogP contribution is -2.45. The Kier molecular flexibility index (Phi) is 7.77. The zero-order valence-corrected chi connectivity index (χ0v) is 18.3. The topological polar surface area (TPSA) is 40.5 Å². The van der Waals surface area contributed by atoms with Crippen LogP contribution >= 0.6 is 23.2 Å². The molecule has 1 heterocycles. The van der Waals surface area contributed by atoms with Gasteiger partial charge in [-0.05, 0) is 48.9 Å². The summed E-state index contributed by atoms with van der Waals surface area (Å²) in [6, 6.07) is 10.1. The lowest BCUT2D eigenvalue weighted by atomic mass is 9.85.